The molecule has 2 rings (SSSR count). The summed E-state index contributed by atoms with van der Waals surface area (Å²) in [5.41, 5.74) is 0.792. The van der Waals surface area contributed by atoms with Gasteiger partial charge < -0.3 is 10.0 Å². The standard InChI is InChI=1S/C13H10Br2ClNO2S/c14-11-5-10(20-13(11)15)6-17(7-12(18)19)9-3-1-2-8(16)4-9/h1-5H,6-7H2,(H,18,19). The Hall–Kier alpha value is -0.560. The van der Waals surface area contributed by atoms with Crippen LogP contribution >= 0.6 is 54.8 Å². The summed E-state index contributed by atoms with van der Waals surface area (Å²) in [5, 5.41) is 9.65. The highest BCUT2D eigenvalue weighted by Crippen LogP contribution is 2.33. The number of carbonyl (C=O) groups is 1. The number of rotatable bonds is 5. The molecule has 0 radical (unpaired) electrons. The van der Waals surface area contributed by atoms with E-state index in [2.05, 4.69) is 31.9 Å². The van der Waals surface area contributed by atoms with Gasteiger partial charge >= 0.3 is 5.97 Å². The van der Waals surface area contributed by atoms with E-state index in [-0.39, 0.29) is 6.54 Å². The molecule has 7 heteroatoms. The maximum atomic E-state index is 11.0. The maximum absolute atomic E-state index is 11.0. The van der Waals surface area contributed by atoms with Gasteiger partial charge in [-0.25, -0.2) is 0 Å². The molecule has 1 N–H and O–H groups in total. The first-order valence-corrected chi connectivity index (χ1v) is 8.40. The lowest BCUT2D eigenvalue weighted by atomic mass is 10.2. The molecule has 0 fully saturated rings. The molecule has 1 heterocycles. The van der Waals surface area contributed by atoms with Gasteiger partial charge in [0.25, 0.3) is 0 Å². The van der Waals surface area contributed by atoms with Crippen LogP contribution in [0.3, 0.4) is 0 Å². The highest BCUT2D eigenvalue weighted by atomic mass is 79.9. The van der Waals surface area contributed by atoms with Gasteiger partial charge in [-0.15, -0.1) is 11.3 Å². The van der Waals surface area contributed by atoms with Crippen molar-refractivity contribution in [1.82, 2.24) is 0 Å². The van der Waals surface area contributed by atoms with Gasteiger partial charge in [0, 0.05) is 20.1 Å². The molecule has 0 amide bonds. The number of aliphatic carboxylic acids is 1. The molecule has 0 saturated carbocycles. The minimum Gasteiger partial charge on any atom is -0.480 e. The lowest BCUT2D eigenvalue weighted by molar-refractivity contribution is -0.135. The van der Waals surface area contributed by atoms with Crippen molar-refractivity contribution in [2.24, 2.45) is 0 Å². The number of thiophene rings is 1. The van der Waals surface area contributed by atoms with Gasteiger partial charge in [0.1, 0.15) is 6.54 Å². The van der Waals surface area contributed by atoms with Crippen LogP contribution in [0.25, 0.3) is 0 Å². The van der Waals surface area contributed by atoms with E-state index in [1.54, 1.807) is 28.4 Å². The predicted molar refractivity (Wildman–Crippen MR) is 89.9 cm³/mol. The van der Waals surface area contributed by atoms with Crippen LogP contribution in [0.4, 0.5) is 5.69 Å². The van der Waals surface area contributed by atoms with Crippen molar-refractivity contribution in [1.29, 1.82) is 0 Å². The topological polar surface area (TPSA) is 40.5 Å². The van der Waals surface area contributed by atoms with E-state index in [0.717, 1.165) is 18.8 Å². The first-order valence-electron chi connectivity index (χ1n) is 5.61. The number of hydrogen-bond donors (Lipinski definition) is 1. The maximum Gasteiger partial charge on any atom is 0.323 e. The second kappa shape index (κ2) is 6.93. The number of carboxylic acids is 1. The Morgan fingerprint density at radius 3 is 2.65 bits per heavy atom. The van der Waals surface area contributed by atoms with Crippen LogP contribution in [-0.4, -0.2) is 17.6 Å². The van der Waals surface area contributed by atoms with Crippen LogP contribution in [0.1, 0.15) is 4.88 Å². The lowest BCUT2D eigenvalue weighted by Crippen LogP contribution is -2.28. The van der Waals surface area contributed by atoms with Crippen LogP contribution in [0, 0.1) is 0 Å². The van der Waals surface area contributed by atoms with Crippen molar-refractivity contribution >= 4 is 66.5 Å². The quantitative estimate of drug-likeness (QED) is 0.711. The van der Waals surface area contributed by atoms with Gasteiger partial charge in [-0.2, -0.15) is 0 Å². The molecule has 20 heavy (non-hydrogen) atoms. The molecule has 3 nitrogen and oxygen atoms in total. The largest absolute Gasteiger partial charge is 0.480 e. The number of hydrogen-bond acceptors (Lipinski definition) is 3. The summed E-state index contributed by atoms with van der Waals surface area (Å²) in [7, 11) is 0. The SMILES string of the molecule is O=C(O)CN(Cc1cc(Br)c(Br)s1)c1cccc(Cl)c1. The van der Waals surface area contributed by atoms with Crippen LogP contribution in [0.5, 0.6) is 0 Å². The Morgan fingerprint density at radius 1 is 1.35 bits per heavy atom. The Labute approximate surface area is 142 Å². The zero-order valence-electron chi connectivity index (χ0n) is 10.1. The summed E-state index contributed by atoms with van der Waals surface area (Å²) in [6.45, 7) is 0.439. The Kier molecular flexibility index (Phi) is 5.49. The summed E-state index contributed by atoms with van der Waals surface area (Å²) in [6, 6.07) is 9.18. The number of carboxylic acid groups (broad SMARTS) is 1. The van der Waals surface area contributed by atoms with Crippen molar-refractivity contribution in [2.45, 2.75) is 6.54 Å². The molecule has 1 aromatic heterocycles. The highest BCUT2D eigenvalue weighted by molar-refractivity contribution is 9.13. The van der Waals surface area contributed by atoms with E-state index in [1.807, 2.05) is 18.2 Å². The van der Waals surface area contributed by atoms with Gasteiger partial charge in [0.2, 0.25) is 0 Å². The number of nitrogens with zero attached hydrogens (tertiary/aromatic N) is 1. The van der Waals surface area contributed by atoms with E-state index < -0.39 is 5.97 Å². The number of benzene rings is 1. The average Bonchev–Trinajstić information content (AvgIpc) is 2.67. The van der Waals surface area contributed by atoms with Crippen molar-refractivity contribution in [3.05, 3.63) is 48.5 Å². The van der Waals surface area contributed by atoms with E-state index in [0.29, 0.717) is 11.6 Å². The summed E-state index contributed by atoms with van der Waals surface area (Å²) < 4.78 is 1.97. The van der Waals surface area contributed by atoms with E-state index >= 15 is 0 Å². The Morgan fingerprint density at radius 2 is 2.10 bits per heavy atom. The highest BCUT2D eigenvalue weighted by Gasteiger charge is 2.14. The number of anilines is 1. The van der Waals surface area contributed by atoms with E-state index in [1.165, 1.54) is 0 Å². The monoisotopic (exact) mass is 437 g/mol. The summed E-state index contributed by atoms with van der Waals surface area (Å²) >= 11 is 14.4. The van der Waals surface area contributed by atoms with Crippen LogP contribution in [0.2, 0.25) is 5.02 Å². The second-order valence-corrected chi connectivity index (χ2v) is 7.81. The second-order valence-electron chi connectivity index (χ2n) is 4.06. The third kappa shape index (κ3) is 4.22. The smallest absolute Gasteiger partial charge is 0.323 e. The van der Waals surface area contributed by atoms with Crippen LogP contribution < -0.4 is 4.90 Å². The fourth-order valence-electron chi connectivity index (χ4n) is 1.73. The van der Waals surface area contributed by atoms with Crippen LogP contribution in [-0.2, 0) is 11.3 Å². The van der Waals surface area contributed by atoms with Crippen molar-refractivity contribution in [3.63, 3.8) is 0 Å². The van der Waals surface area contributed by atoms with Gasteiger partial charge in [-0.05, 0) is 56.1 Å². The van der Waals surface area contributed by atoms with Crippen molar-refractivity contribution in [2.75, 3.05) is 11.4 Å². The Bertz CT molecular complexity index is 613. The predicted octanol–water partition coefficient (Wildman–Crippen LogP) is 5.02. The van der Waals surface area contributed by atoms with Crippen LogP contribution in [0.15, 0.2) is 38.6 Å². The van der Waals surface area contributed by atoms with Gasteiger partial charge in [-0.1, -0.05) is 17.7 Å². The van der Waals surface area contributed by atoms with E-state index in [4.69, 9.17) is 16.7 Å². The zero-order chi connectivity index (χ0) is 14.7. The molecule has 1 aromatic carbocycles. The van der Waals surface area contributed by atoms with Crippen molar-refractivity contribution < 1.29 is 9.90 Å². The molecule has 0 saturated heterocycles. The molecule has 2 aromatic rings. The van der Waals surface area contributed by atoms with Crippen molar-refractivity contribution in [3.8, 4) is 0 Å². The molecule has 106 valence electrons. The minimum absolute atomic E-state index is 0.0759. The van der Waals surface area contributed by atoms with Gasteiger partial charge in [0.05, 0.1) is 10.3 Å². The molecule has 0 aliphatic rings. The molecule has 0 unspecified atom stereocenters. The molecule has 0 aliphatic heterocycles. The van der Waals surface area contributed by atoms with E-state index in [9.17, 15) is 4.79 Å². The minimum atomic E-state index is -0.875. The van der Waals surface area contributed by atoms with Gasteiger partial charge in [0.15, 0.2) is 0 Å². The molecule has 0 bridgehead atoms. The average molecular weight is 440 g/mol. The first kappa shape index (κ1) is 15.8. The third-order valence-electron chi connectivity index (χ3n) is 2.54. The molecular formula is C13H10Br2ClNO2S. The Balaban J connectivity index is 2.25. The molecule has 0 spiro atoms. The number of halogens is 3. The molecular weight excluding hydrogens is 429 g/mol. The molecule has 0 aliphatic carbocycles. The fraction of sp³-hybridized carbons (Fsp3) is 0.154. The third-order valence-corrected chi connectivity index (χ3v) is 6.02. The lowest BCUT2D eigenvalue weighted by Gasteiger charge is -2.22. The summed E-state index contributed by atoms with van der Waals surface area (Å²) in [4.78, 5) is 13.9. The first-order chi connectivity index (χ1) is 9.45. The normalized spacial score (nSPS) is 10.6. The fourth-order valence-corrected chi connectivity index (χ4v) is 4.11. The summed E-state index contributed by atoms with van der Waals surface area (Å²) in [5.74, 6) is -0.875. The molecule has 0 atom stereocenters. The summed E-state index contributed by atoms with van der Waals surface area (Å²) in [6.07, 6.45) is 0. The zero-order valence-corrected chi connectivity index (χ0v) is 14.9. The van der Waals surface area contributed by atoms with Gasteiger partial charge in [-0.3, -0.25) is 4.79 Å².